The van der Waals surface area contributed by atoms with Gasteiger partial charge in [-0.05, 0) is 32.0 Å². The van der Waals surface area contributed by atoms with Crippen LogP contribution in [0.4, 0.5) is 0 Å². The summed E-state index contributed by atoms with van der Waals surface area (Å²) in [5.74, 6) is -0.964. The molecule has 0 bridgehead atoms. The quantitative estimate of drug-likeness (QED) is 0.870. The smallest absolute Gasteiger partial charge is 0.335 e. The zero-order chi connectivity index (χ0) is 13.1. The van der Waals surface area contributed by atoms with Crippen molar-refractivity contribution in [3.8, 4) is 0 Å². The lowest BCUT2D eigenvalue weighted by Gasteiger charge is -2.11. The van der Waals surface area contributed by atoms with Gasteiger partial charge in [0.25, 0.3) is 0 Å². The van der Waals surface area contributed by atoms with Crippen LogP contribution in [0.25, 0.3) is 11.0 Å². The minimum absolute atomic E-state index is 0.0408. The van der Waals surface area contributed by atoms with Crippen LogP contribution in [-0.4, -0.2) is 38.8 Å². The molecular weight excluding hydrogens is 234 g/mol. The standard InChI is InChI=1S/C12H15N3O3/c1-3-18-8(2)7-15-11-5-4-9(12(16)17)6-10(11)13-14-15/h4-6,8H,3,7H2,1-2H3,(H,16,17). The van der Waals surface area contributed by atoms with E-state index in [-0.39, 0.29) is 11.7 Å². The third-order valence-electron chi connectivity index (χ3n) is 2.64. The van der Waals surface area contributed by atoms with Crippen molar-refractivity contribution in [2.45, 2.75) is 26.5 Å². The summed E-state index contributed by atoms with van der Waals surface area (Å²) in [5.41, 5.74) is 1.61. The molecule has 1 atom stereocenters. The molecule has 1 N–H and O–H groups in total. The summed E-state index contributed by atoms with van der Waals surface area (Å²) in [6.07, 6.45) is 0.0408. The first-order valence-corrected chi connectivity index (χ1v) is 5.80. The van der Waals surface area contributed by atoms with E-state index >= 15 is 0 Å². The number of carbonyl (C=O) groups is 1. The normalized spacial score (nSPS) is 12.8. The molecule has 0 amide bonds. The van der Waals surface area contributed by atoms with Gasteiger partial charge in [0, 0.05) is 6.61 Å². The van der Waals surface area contributed by atoms with Gasteiger partial charge in [0.2, 0.25) is 0 Å². The minimum atomic E-state index is -0.964. The highest BCUT2D eigenvalue weighted by Crippen LogP contribution is 2.14. The van der Waals surface area contributed by atoms with Crippen LogP contribution in [0.15, 0.2) is 18.2 Å². The summed E-state index contributed by atoms with van der Waals surface area (Å²) < 4.78 is 7.17. The second kappa shape index (κ2) is 5.14. The maximum atomic E-state index is 10.8. The van der Waals surface area contributed by atoms with Crippen LogP contribution in [0.2, 0.25) is 0 Å². The molecule has 6 nitrogen and oxygen atoms in total. The Morgan fingerprint density at radius 2 is 2.33 bits per heavy atom. The van der Waals surface area contributed by atoms with Crippen LogP contribution >= 0.6 is 0 Å². The molecule has 6 heteroatoms. The molecular formula is C12H15N3O3. The van der Waals surface area contributed by atoms with Gasteiger partial charge in [0.05, 0.1) is 23.7 Å². The lowest BCUT2D eigenvalue weighted by molar-refractivity contribution is 0.0619. The van der Waals surface area contributed by atoms with Crippen LogP contribution in [0.1, 0.15) is 24.2 Å². The Labute approximate surface area is 104 Å². The van der Waals surface area contributed by atoms with Crippen LogP contribution in [0, 0.1) is 0 Å². The Morgan fingerprint density at radius 1 is 1.56 bits per heavy atom. The molecule has 2 aromatic rings. The van der Waals surface area contributed by atoms with Crippen molar-refractivity contribution in [1.82, 2.24) is 15.0 Å². The molecule has 0 saturated heterocycles. The number of fused-ring (bicyclic) bond motifs is 1. The Kier molecular flexibility index (Phi) is 3.57. The van der Waals surface area contributed by atoms with Crippen molar-refractivity contribution >= 4 is 17.0 Å². The zero-order valence-corrected chi connectivity index (χ0v) is 10.3. The summed E-state index contributed by atoms with van der Waals surface area (Å²) >= 11 is 0. The largest absolute Gasteiger partial charge is 0.478 e. The first kappa shape index (κ1) is 12.5. The Morgan fingerprint density at radius 3 is 3.00 bits per heavy atom. The molecule has 0 radical (unpaired) electrons. The Hall–Kier alpha value is -1.95. The fourth-order valence-electron chi connectivity index (χ4n) is 1.82. The van der Waals surface area contributed by atoms with Gasteiger partial charge < -0.3 is 9.84 Å². The molecule has 0 spiro atoms. The van der Waals surface area contributed by atoms with Crippen LogP contribution in [-0.2, 0) is 11.3 Å². The summed E-state index contributed by atoms with van der Waals surface area (Å²) in [7, 11) is 0. The SMILES string of the molecule is CCOC(C)Cn1nnc2cc(C(=O)O)ccc21. The summed E-state index contributed by atoms with van der Waals surface area (Å²) in [6.45, 7) is 5.14. The molecule has 0 fully saturated rings. The maximum Gasteiger partial charge on any atom is 0.335 e. The summed E-state index contributed by atoms with van der Waals surface area (Å²) in [5, 5.41) is 16.9. The van der Waals surface area contributed by atoms with Gasteiger partial charge in [-0.15, -0.1) is 5.10 Å². The van der Waals surface area contributed by atoms with Gasteiger partial charge >= 0.3 is 5.97 Å². The summed E-state index contributed by atoms with van der Waals surface area (Å²) in [4.78, 5) is 10.8. The van der Waals surface area contributed by atoms with E-state index in [1.807, 2.05) is 13.8 Å². The van der Waals surface area contributed by atoms with E-state index in [0.717, 1.165) is 5.52 Å². The molecule has 1 aromatic carbocycles. The van der Waals surface area contributed by atoms with Crippen LogP contribution in [0.3, 0.4) is 0 Å². The molecule has 0 aliphatic rings. The van der Waals surface area contributed by atoms with Crippen molar-refractivity contribution in [2.75, 3.05) is 6.61 Å². The van der Waals surface area contributed by atoms with E-state index < -0.39 is 5.97 Å². The molecule has 18 heavy (non-hydrogen) atoms. The van der Waals surface area contributed by atoms with E-state index in [1.165, 1.54) is 6.07 Å². The van der Waals surface area contributed by atoms with E-state index in [0.29, 0.717) is 18.7 Å². The van der Waals surface area contributed by atoms with E-state index in [9.17, 15) is 4.79 Å². The third-order valence-corrected chi connectivity index (χ3v) is 2.64. The fourth-order valence-corrected chi connectivity index (χ4v) is 1.82. The number of nitrogens with zero attached hydrogens (tertiary/aromatic N) is 3. The van der Waals surface area contributed by atoms with Crippen molar-refractivity contribution in [3.05, 3.63) is 23.8 Å². The van der Waals surface area contributed by atoms with Crippen molar-refractivity contribution < 1.29 is 14.6 Å². The first-order valence-electron chi connectivity index (χ1n) is 5.80. The predicted octanol–water partition coefficient (Wildman–Crippen LogP) is 1.55. The zero-order valence-electron chi connectivity index (χ0n) is 10.3. The number of benzene rings is 1. The molecule has 2 rings (SSSR count). The number of carboxylic acid groups (broad SMARTS) is 1. The fraction of sp³-hybridized carbons (Fsp3) is 0.417. The number of carboxylic acids is 1. The first-order chi connectivity index (χ1) is 8.61. The van der Waals surface area contributed by atoms with E-state index in [1.54, 1.807) is 16.8 Å². The topological polar surface area (TPSA) is 77.2 Å². The average Bonchev–Trinajstić information content (AvgIpc) is 2.72. The average molecular weight is 249 g/mol. The van der Waals surface area contributed by atoms with Crippen molar-refractivity contribution in [1.29, 1.82) is 0 Å². The van der Waals surface area contributed by atoms with Crippen LogP contribution in [0.5, 0.6) is 0 Å². The summed E-state index contributed by atoms with van der Waals surface area (Å²) in [6, 6.07) is 4.79. The maximum absolute atomic E-state index is 10.8. The van der Waals surface area contributed by atoms with Gasteiger partial charge in [0.1, 0.15) is 5.52 Å². The second-order valence-corrected chi connectivity index (χ2v) is 4.05. The van der Waals surface area contributed by atoms with Gasteiger partial charge in [-0.25, -0.2) is 9.48 Å². The van der Waals surface area contributed by atoms with Crippen molar-refractivity contribution in [3.63, 3.8) is 0 Å². The lowest BCUT2D eigenvalue weighted by atomic mass is 10.2. The third kappa shape index (κ3) is 2.48. The Bertz CT molecular complexity index is 565. The number of aromatic carboxylic acids is 1. The highest BCUT2D eigenvalue weighted by Gasteiger charge is 2.11. The van der Waals surface area contributed by atoms with Gasteiger partial charge in [0.15, 0.2) is 0 Å². The molecule has 96 valence electrons. The number of ether oxygens (including phenoxy) is 1. The highest BCUT2D eigenvalue weighted by molar-refractivity contribution is 5.92. The molecule has 1 heterocycles. The lowest BCUT2D eigenvalue weighted by Crippen LogP contribution is -2.17. The number of rotatable bonds is 5. The van der Waals surface area contributed by atoms with Crippen molar-refractivity contribution in [2.24, 2.45) is 0 Å². The highest BCUT2D eigenvalue weighted by atomic mass is 16.5. The van der Waals surface area contributed by atoms with E-state index in [4.69, 9.17) is 9.84 Å². The molecule has 1 aromatic heterocycles. The van der Waals surface area contributed by atoms with Gasteiger partial charge in [-0.3, -0.25) is 0 Å². The number of hydrogen-bond acceptors (Lipinski definition) is 4. The molecule has 0 aliphatic heterocycles. The number of aromatic nitrogens is 3. The molecule has 1 unspecified atom stereocenters. The number of hydrogen-bond donors (Lipinski definition) is 1. The van der Waals surface area contributed by atoms with Gasteiger partial charge in [-0.1, -0.05) is 5.21 Å². The van der Waals surface area contributed by atoms with Crippen LogP contribution < -0.4 is 0 Å². The van der Waals surface area contributed by atoms with Gasteiger partial charge in [-0.2, -0.15) is 0 Å². The molecule has 0 aliphatic carbocycles. The molecule has 0 saturated carbocycles. The second-order valence-electron chi connectivity index (χ2n) is 4.05. The Balaban J connectivity index is 2.28. The monoisotopic (exact) mass is 249 g/mol. The van der Waals surface area contributed by atoms with E-state index in [2.05, 4.69) is 10.3 Å². The predicted molar refractivity (Wildman–Crippen MR) is 65.6 cm³/mol. The minimum Gasteiger partial charge on any atom is -0.478 e.